The van der Waals surface area contributed by atoms with Gasteiger partial charge >= 0.3 is 39.0 Å². The van der Waals surface area contributed by atoms with Crippen molar-refractivity contribution in [1.82, 2.24) is 0 Å². The molecule has 2 rings (SSSR count). The van der Waals surface area contributed by atoms with Gasteiger partial charge in [0.15, 0.2) is 0 Å². The third-order valence-electron chi connectivity index (χ3n) is 3.52. The Hall–Kier alpha value is -2.07. The van der Waals surface area contributed by atoms with Crippen LogP contribution in [-0.2, 0) is 39.0 Å². The molecule has 11 nitrogen and oxygen atoms in total. The van der Waals surface area contributed by atoms with E-state index in [9.17, 15) is 0 Å². The molecule has 2 aliphatic rings. The standard InChI is InChI=1S/C13H20N2.2C2N3.3H2N.2Zn/c1(2-12-4-8-14-9-5-12)3-13-6-10-15-11-7-13;2*3-1-5-2-4;;;;;/h4-5,8,13H,1-3,6-7,9-11H2;;;3*1H2;;/q-2;5*-1;2*+2. The van der Waals surface area contributed by atoms with E-state index < -0.39 is 0 Å². The molecular weight excluding hydrogens is 489 g/mol. The van der Waals surface area contributed by atoms with Crippen LogP contribution in [0, 0.1) is 51.7 Å². The Balaban J connectivity index is -0.0000000832. The Labute approximate surface area is 205 Å². The summed E-state index contributed by atoms with van der Waals surface area (Å²) >= 11 is 0. The molecule has 1 saturated heterocycles. The molecule has 2 aliphatic heterocycles. The summed E-state index contributed by atoms with van der Waals surface area (Å²) in [4.78, 5) is 0. The van der Waals surface area contributed by atoms with Crippen LogP contribution in [-0.4, -0.2) is 19.6 Å². The van der Waals surface area contributed by atoms with Crippen molar-refractivity contribution in [2.24, 2.45) is 5.92 Å². The predicted molar refractivity (Wildman–Crippen MR) is 110 cm³/mol. The van der Waals surface area contributed by atoms with Gasteiger partial charge in [0, 0.05) is 24.8 Å². The number of allylic oxidation sites excluding steroid dienone is 2. The minimum absolute atomic E-state index is 0. The maximum Gasteiger partial charge on any atom is 2.00 e. The van der Waals surface area contributed by atoms with E-state index >= 15 is 0 Å². The second-order valence-corrected chi connectivity index (χ2v) is 5.09. The second kappa shape index (κ2) is 34.4. The summed E-state index contributed by atoms with van der Waals surface area (Å²) in [6.07, 6.45) is 18.1. The van der Waals surface area contributed by atoms with Crippen molar-refractivity contribution in [2.45, 2.75) is 32.1 Å². The van der Waals surface area contributed by atoms with Crippen LogP contribution in [0.15, 0.2) is 23.9 Å². The van der Waals surface area contributed by atoms with Gasteiger partial charge in [-0.05, 0) is 18.8 Å². The van der Waals surface area contributed by atoms with Gasteiger partial charge in [-0.15, -0.1) is 19.6 Å². The fraction of sp³-hybridized carbons (Fsp3) is 0.529. The molecule has 0 radical (unpaired) electrons. The van der Waals surface area contributed by atoms with Crippen LogP contribution in [0.3, 0.4) is 0 Å². The monoisotopic (exact) mass is 512 g/mol. The zero-order chi connectivity index (χ0) is 18.6. The van der Waals surface area contributed by atoms with Gasteiger partial charge in [-0.1, -0.05) is 37.0 Å². The van der Waals surface area contributed by atoms with Crippen molar-refractivity contribution in [3.63, 3.8) is 0 Å². The molecule has 0 aliphatic carbocycles. The van der Waals surface area contributed by atoms with E-state index in [0.717, 1.165) is 25.6 Å². The van der Waals surface area contributed by atoms with E-state index in [1.807, 2.05) is 6.20 Å². The predicted octanol–water partition coefficient (Wildman–Crippen LogP) is 6.56. The summed E-state index contributed by atoms with van der Waals surface area (Å²) < 4.78 is 0. The summed E-state index contributed by atoms with van der Waals surface area (Å²) in [7, 11) is 0. The fourth-order valence-corrected chi connectivity index (χ4v) is 2.36. The van der Waals surface area contributed by atoms with E-state index in [1.54, 1.807) is 0 Å². The first-order chi connectivity index (χ1) is 12.3. The minimum Gasteiger partial charge on any atom is -0.693 e. The van der Waals surface area contributed by atoms with Crippen LogP contribution in [0.25, 0.3) is 39.7 Å². The van der Waals surface area contributed by atoms with Gasteiger partial charge in [0.1, 0.15) is 0 Å². The van der Waals surface area contributed by atoms with Crippen molar-refractivity contribution in [3.05, 3.63) is 63.6 Å². The third kappa shape index (κ3) is 28.1. The molecule has 0 unspecified atom stereocenters. The van der Waals surface area contributed by atoms with Gasteiger partial charge in [-0.2, -0.15) is 6.20 Å². The van der Waals surface area contributed by atoms with Gasteiger partial charge in [-0.3, -0.25) is 10.6 Å². The van der Waals surface area contributed by atoms with Crippen molar-refractivity contribution < 1.29 is 39.0 Å². The maximum absolute atomic E-state index is 7.43. The Kier molecular flexibility index (Phi) is 48.3. The number of piperidine rings is 1. The number of nitrogens with zero attached hydrogens (tertiary/aromatic N) is 8. The first-order valence-corrected chi connectivity index (χ1v) is 7.89. The second-order valence-electron chi connectivity index (χ2n) is 5.09. The molecule has 0 saturated carbocycles. The molecule has 0 amide bonds. The molecule has 0 atom stereocenters. The summed E-state index contributed by atoms with van der Waals surface area (Å²) in [5, 5.41) is 43.4. The van der Waals surface area contributed by atoms with Crippen LogP contribution in [0.4, 0.5) is 0 Å². The zero-order valence-electron chi connectivity index (χ0n) is 17.2. The summed E-state index contributed by atoms with van der Waals surface area (Å²) in [6.45, 7) is 3.09. The Morgan fingerprint density at radius 3 is 1.77 bits per heavy atom. The average Bonchev–Trinajstić information content (AvgIpc) is 2.66. The Morgan fingerprint density at radius 1 is 0.900 bits per heavy atom. The van der Waals surface area contributed by atoms with Crippen molar-refractivity contribution >= 4 is 0 Å². The van der Waals surface area contributed by atoms with E-state index in [-0.39, 0.29) is 57.4 Å². The van der Waals surface area contributed by atoms with Gasteiger partial charge in [0.25, 0.3) is 0 Å². The maximum atomic E-state index is 7.43. The van der Waals surface area contributed by atoms with Gasteiger partial charge in [0.2, 0.25) is 0 Å². The summed E-state index contributed by atoms with van der Waals surface area (Å²) in [5.41, 5.74) is 1.48. The van der Waals surface area contributed by atoms with E-state index in [0.29, 0.717) is 0 Å². The van der Waals surface area contributed by atoms with Crippen LogP contribution in [0.1, 0.15) is 32.1 Å². The average molecular weight is 515 g/mol. The molecule has 30 heavy (non-hydrogen) atoms. The van der Waals surface area contributed by atoms with Gasteiger partial charge in [0.05, 0.1) is 0 Å². The molecule has 1 fully saturated rings. The van der Waals surface area contributed by atoms with Gasteiger partial charge in [-0.25, -0.2) is 0 Å². The number of nitriles is 4. The molecule has 156 valence electrons. The van der Waals surface area contributed by atoms with Crippen molar-refractivity contribution in [1.29, 1.82) is 21.0 Å². The molecule has 13 heteroatoms. The fourth-order valence-electron chi connectivity index (χ4n) is 2.36. The van der Waals surface area contributed by atoms with Crippen LogP contribution in [0.2, 0.25) is 0 Å². The molecule has 0 aromatic heterocycles. The zero-order valence-corrected chi connectivity index (χ0v) is 23.1. The van der Waals surface area contributed by atoms with Crippen molar-refractivity contribution in [3.8, 4) is 24.8 Å². The first-order valence-electron chi connectivity index (χ1n) is 7.89. The van der Waals surface area contributed by atoms with Crippen LogP contribution in [0.5, 0.6) is 0 Å². The summed E-state index contributed by atoms with van der Waals surface area (Å²) in [5.74, 6) is 0.945. The molecule has 0 aromatic carbocycles. The third-order valence-corrected chi connectivity index (χ3v) is 3.52. The largest absolute Gasteiger partial charge is 2.00 e. The molecule has 0 aromatic rings. The quantitative estimate of drug-likeness (QED) is 0.297. The molecule has 6 N–H and O–H groups in total. The molecule has 0 spiro atoms. The number of rotatable bonds is 4. The normalized spacial score (nSPS) is 12.3. The topological polar surface area (TPSA) is 252 Å². The Bertz CT molecular complexity index is 526. The number of hydrogen-bond donors (Lipinski definition) is 0. The van der Waals surface area contributed by atoms with E-state index in [4.69, 9.17) is 21.0 Å². The molecule has 0 bridgehead atoms. The minimum atomic E-state index is 0. The smallest absolute Gasteiger partial charge is 0.693 e. The van der Waals surface area contributed by atoms with Crippen LogP contribution < -0.4 is 0 Å². The molecule has 2 heterocycles. The van der Waals surface area contributed by atoms with E-state index in [1.165, 1.54) is 62.4 Å². The van der Waals surface area contributed by atoms with E-state index in [2.05, 4.69) is 33.4 Å². The Morgan fingerprint density at radius 2 is 1.40 bits per heavy atom. The molecular formula is C17H26N11Zn2-3. The number of nitrogens with two attached hydrogens (primary N) is 3. The SMILES string of the molecule is C1=CC(CCCC2CC[N-]CC2)=CC[N-]1.N#C[N-]C#N.N#C[N-]C#N.[NH2-].[NH2-].[NH2-].[Zn+2].[Zn+2]. The van der Waals surface area contributed by atoms with Crippen molar-refractivity contribution in [2.75, 3.05) is 19.6 Å². The number of hydrogen-bond acceptors (Lipinski definition) is 4. The van der Waals surface area contributed by atoms with Gasteiger partial charge < -0.3 is 50.1 Å². The summed E-state index contributed by atoms with van der Waals surface area (Å²) in [6, 6.07) is 0. The van der Waals surface area contributed by atoms with Crippen LogP contribution >= 0.6 is 0 Å². The first kappa shape index (κ1) is 42.1.